The average molecular weight is 406 g/mol. The van der Waals surface area contributed by atoms with Crippen molar-refractivity contribution in [1.29, 1.82) is 0 Å². The van der Waals surface area contributed by atoms with Crippen LogP contribution in [0.2, 0.25) is 0 Å². The van der Waals surface area contributed by atoms with Crippen LogP contribution < -0.4 is 11.0 Å². The summed E-state index contributed by atoms with van der Waals surface area (Å²) in [6.45, 7) is 3.22. The Morgan fingerprint density at radius 1 is 1.17 bits per heavy atom. The van der Waals surface area contributed by atoms with Gasteiger partial charge in [-0.1, -0.05) is 0 Å². The third-order valence-electron chi connectivity index (χ3n) is 5.54. The maximum absolute atomic E-state index is 12.8. The van der Waals surface area contributed by atoms with Crippen LogP contribution >= 0.6 is 0 Å². The number of nitrogens with zero attached hydrogens (tertiary/aromatic N) is 5. The second kappa shape index (κ2) is 7.42. The number of hydrogen-bond donors (Lipinski definition) is 1. The van der Waals surface area contributed by atoms with Crippen molar-refractivity contribution in [2.75, 3.05) is 18.5 Å². The fourth-order valence-corrected chi connectivity index (χ4v) is 3.85. The number of aryl methyl sites for hydroxylation is 2. The summed E-state index contributed by atoms with van der Waals surface area (Å²) >= 11 is 0. The summed E-state index contributed by atoms with van der Waals surface area (Å²) in [5.74, 6) is 0.426. The van der Waals surface area contributed by atoms with E-state index < -0.39 is 0 Å². The molecule has 0 spiro atoms. The Bertz CT molecular complexity index is 1250. The van der Waals surface area contributed by atoms with Gasteiger partial charge in [-0.05, 0) is 38.0 Å². The summed E-state index contributed by atoms with van der Waals surface area (Å²) in [6, 6.07) is 5.81. The molecular weight excluding hydrogens is 384 g/mol. The van der Waals surface area contributed by atoms with E-state index in [1.165, 1.54) is 0 Å². The monoisotopic (exact) mass is 406 g/mol. The molecule has 1 N–H and O–H groups in total. The molecular formula is C21H22N6O3. The molecule has 9 nitrogen and oxygen atoms in total. The zero-order valence-corrected chi connectivity index (χ0v) is 16.8. The van der Waals surface area contributed by atoms with E-state index in [9.17, 15) is 4.79 Å². The number of ether oxygens (including phenoxy) is 1. The molecule has 9 heteroatoms. The number of imidazole rings is 1. The van der Waals surface area contributed by atoms with E-state index in [0.717, 1.165) is 35.5 Å². The van der Waals surface area contributed by atoms with Crippen LogP contribution in [0, 0.1) is 6.92 Å². The lowest BCUT2D eigenvalue weighted by Crippen LogP contribution is -2.30. The lowest BCUT2D eigenvalue weighted by Gasteiger charge is -2.22. The third-order valence-corrected chi connectivity index (χ3v) is 5.54. The first-order chi connectivity index (χ1) is 14.6. The minimum Gasteiger partial charge on any atom is -0.472 e. The van der Waals surface area contributed by atoms with E-state index in [-0.39, 0.29) is 11.7 Å². The molecule has 4 aromatic rings. The van der Waals surface area contributed by atoms with E-state index >= 15 is 0 Å². The van der Waals surface area contributed by atoms with Crippen LogP contribution in [-0.2, 0) is 11.8 Å². The molecule has 0 atom stereocenters. The number of aromatic nitrogens is 5. The molecule has 1 aliphatic rings. The van der Waals surface area contributed by atoms with Crippen molar-refractivity contribution >= 4 is 22.8 Å². The highest BCUT2D eigenvalue weighted by Crippen LogP contribution is 2.26. The molecule has 4 aromatic heterocycles. The highest BCUT2D eigenvalue weighted by Gasteiger charge is 2.23. The quantitative estimate of drug-likeness (QED) is 0.555. The molecule has 0 bridgehead atoms. The zero-order chi connectivity index (χ0) is 20.7. The standard InChI is InChI=1S/C21H22N6O3/c1-13-16(3-4-17(23-13)14-5-8-30-12-14)24-20-22-11-18-19(25-20)27(21(28)26(18)2)15-6-9-29-10-7-15/h3-5,8,11-12,15H,6-7,9-10H2,1-2H3,(H,22,24,25). The molecule has 1 aliphatic heterocycles. The van der Waals surface area contributed by atoms with Gasteiger partial charge in [0.2, 0.25) is 5.95 Å². The van der Waals surface area contributed by atoms with Crippen LogP contribution in [-0.4, -0.2) is 37.3 Å². The van der Waals surface area contributed by atoms with Crippen LogP contribution in [0.1, 0.15) is 24.6 Å². The number of furan rings is 1. The smallest absolute Gasteiger partial charge is 0.330 e. The highest BCUT2D eigenvalue weighted by atomic mass is 16.5. The Labute approximate surface area is 172 Å². The largest absolute Gasteiger partial charge is 0.472 e. The Balaban J connectivity index is 1.50. The van der Waals surface area contributed by atoms with Crippen LogP contribution in [0.15, 0.2) is 46.1 Å². The van der Waals surface area contributed by atoms with E-state index in [4.69, 9.17) is 9.15 Å². The van der Waals surface area contributed by atoms with Gasteiger partial charge in [-0.15, -0.1) is 0 Å². The van der Waals surface area contributed by atoms with E-state index in [1.54, 1.807) is 34.9 Å². The maximum atomic E-state index is 12.8. The normalized spacial score (nSPS) is 15.0. The van der Waals surface area contributed by atoms with Crippen molar-refractivity contribution in [1.82, 2.24) is 24.1 Å². The zero-order valence-electron chi connectivity index (χ0n) is 16.8. The van der Waals surface area contributed by atoms with Gasteiger partial charge in [0.05, 0.1) is 35.8 Å². The molecule has 0 amide bonds. The van der Waals surface area contributed by atoms with E-state index in [1.807, 2.05) is 25.1 Å². The molecule has 154 valence electrons. The van der Waals surface area contributed by atoms with Crippen molar-refractivity contribution in [3.63, 3.8) is 0 Å². The second-order valence-electron chi connectivity index (χ2n) is 7.42. The van der Waals surface area contributed by atoms with Crippen molar-refractivity contribution in [3.8, 4) is 11.3 Å². The van der Waals surface area contributed by atoms with Crippen molar-refractivity contribution in [2.24, 2.45) is 7.05 Å². The summed E-state index contributed by atoms with van der Waals surface area (Å²) in [7, 11) is 1.75. The van der Waals surface area contributed by atoms with Crippen LogP contribution in [0.25, 0.3) is 22.4 Å². The van der Waals surface area contributed by atoms with Crippen molar-refractivity contribution in [2.45, 2.75) is 25.8 Å². The first kappa shape index (κ1) is 18.6. The minimum atomic E-state index is -0.0781. The van der Waals surface area contributed by atoms with Crippen molar-refractivity contribution < 1.29 is 9.15 Å². The lowest BCUT2D eigenvalue weighted by molar-refractivity contribution is 0.0695. The van der Waals surface area contributed by atoms with Gasteiger partial charge >= 0.3 is 5.69 Å². The average Bonchev–Trinajstić information content (AvgIpc) is 3.38. The number of rotatable bonds is 4. The molecule has 30 heavy (non-hydrogen) atoms. The first-order valence-corrected chi connectivity index (χ1v) is 9.91. The van der Waals surface area contributed by atoms with Crippen LogP contribution in [0.4, 0.5) is 11.6 Å². The van der Waals surface area contributed by atoms with Crippen LogP contribution in [0.5, 0.6) is 0 Å². The van der Waals surface area contributed by atoms with Gasteiger partial charge in [0.1, 0.15) is 5.52 Å². The summed E-state index contributed by atoms with van der Waals surface area (Å²) < 4.78 is 14.0. The molecule has 1 fully saturated rings. The lowest BCUT2D eigenvalue weighted by atomic mass is 10.1. The van der Waals surface area contributed by atoms with Gasteiger partial charge in [-0.2, -0.15) is 4.98 Å². The van der Waals surface area contributed by atoms with Gasteiger partial charge < -0.3 is 14.5 Å². The fourth-order valence-electron chi connectivity index (χ4n) is 3.85. The van der Waals surface area contributed by atoms with Gasteiger partial charge in [-0.25, -0.2) is 9.78 Å². The first-order valence-electron chi connectivity index (χ1n) is 9.91. The predicted molar refractivity (Wildman–Crippen MR) is 112 cm³/mol. The van der Waals surface area contributed by atoms with Crippen molar-refractivity contribution in [3.05, 3.63) is 53.1 Å². The molecule has 5 heterocycles. The maximum Gasteiger partial charge on any atom is 0.330 e. The molecule has 1 saturated heterocycles. The van der Waals surface area contributed by atoms with E-state index in [2.05, 4.69) is 20.3 Å². The topological polar surface area (TPSA) is 100 Å². The summed E-state index contributed by atoms with van der Waals surface area (Å²) in [5, 5.41) is 3.24. The highest BCUT2D eigenvalue weighted by molar-refractivity contribution is 5.73. The molecule has 5 rings (SSSR count). The molecule has 0 aromatic carbocycles. The molecule has 0 saturated carbocycles. The fraction of sp³-hybridized carbons (Fsp3) is 0.333. The Hall–Kier alpha value is -3.46. The summed E-state index contributed by atoms with van der Waals surface area (Å²) in [5.41, 5.74) is 4.64. The van der Waals surface area contributed by atoms with Gasteiger partial charge in [0, 0.05) is 31.9 Å². The predicted octanol–water partition coefficient (Wildman–Crippen LogP) is 3.19. The third kappa shape index (κ3) is 3.17. The number of anilines is 2. The Morgan fingerprint density at radius 2 is 2.00 bits per heavy atom. The summed E-state index contributed by atoms with van der Waals surface area (Å²) in [4.78, 5) is 26.6. The molecule has 0 radical (unpaired) electrons. The minimum absolute atomic E-state index is 0.0781. The van der Waals surface area contributed by atoms with E-state index in [0.29, 0.717) is 30.3 Å². The molecule has 0 unspecified atom stereocenters. The SMILES string of the molecule is Cc1nc(-c2ccoc2)ccc1Nc1ncc2c(n1)n(C1CCOCC1)c(=O)n2C. The number of nitrogens with one attached hydrogen (secondary N) is 1. The van der Waals surface area contributed by atoms with Crippen LogP contribution in [0.3, 0.4) is 0 Å². The second-order valence-corrected chi connectivity index (χ2v) is 7.42. The van der Waals surface area contributed by atoms with Gasteiger partial charge in [-0.3, -0.25) is 14.1 Å². The summed E-state index contributed by atoms with van der Waals surface area (Å²) in [6.07, 6.45) is 6.56. The van der Waals surface area contributed by atoms with Gasteiger partial charge in [0.15, 0.2) is 5.65 Å². The number of pyridine rings is 1. The van der Waals surface area contributed by atoms with Gasteiger partial charge in [0.25, 0.3) is 0 Å². The molecule has 0 aliphatic carbocycles. The Kier molecular flexibility index (Phi) is 4.59. The number of fused-ring (bicyclic) bond motifs is 1. The Morgan fingerprint density at radius 3 is 2.73 bits per heavy atom. The number of hydrogen-bond acceptors (Lipinski definition) is 7.